The highest BCUT2D eigenvalue weighted by Gasteiger charge is 2.16. The predicted molar refractivity (Wildman–Crippen MR) is 90.6 cm³/mol. The van der Waals surface area contributed by atoms with E-state index < -0.39 is 5.97 Å². The van der Waals surface area contributed by atoms with Crippen molar-refractivity contribution in [3.05, 3.63) is 48.3 Å². The summed E-state index contributed by atoms with van der Waals surface area (Å²) >= 11 is 1.59. The Morgan fingerprint density at radius 1 is 1.29 bits per heavy atom. The molecule has 0 aliphatic carbocycles. The summed E-state index contributed by atoms with van der Waals surface area (Å²) in [7, 11) is 0. The lowest BCUT2D eigenvalue weighted by Crippen LogP contribution is -2.00. The Labute approximate surface area is 141 Å². The molecule has 0 atom stereocenters. The number of aromatic nitrogens is 2. The summed E-state index contributed by atoms with van der Waals surface area (Å²) < 4.78 is 1.52. The molecule has 24 heavy (non-hydrogen) atoms. The quantitative estimate of drug-likeness (QED) is 0.542. The van der Waals surface area contributed by atoms with Crippen LogP contribution in [0, 0.1) is 0 Å². The third-order valence-corrected chi connectivity index (χ3v) is 4.03. The van der Waals surface area contributed by atoms with Crippen molar-refractivity contribution >= 4 is 34.9 Å². The van der Waals surface area contributed by atoms with Gasteiger partial charge in [0.2, 0.25) is 0 Å². The fourth-order valence-electron chi connectivity index (χ4n) is 2.23. The molecule has 3 aromatic rings. The fraction of sp³-hybridized carbons (Fsp3) is 0.125. The van der Waals surface area contributed by atoms with Crippen molar-refractivity contribution in [1.82, 2.24) is 9.38 Å². The van der Waals surface area contributed by atoms with Gasteiger partial charge in [-0.25, -0.2) is 4.98 Å². The second-order valence-electron chi connectivity index (χ2n) is 4.94. The number of azo groups is 1. The molecule has 3 rings (SSSR count). The summed E-state index contributed by atoms with van der Waals surface area (Å²) in [5.74, 6) is -0.786. The molecule has 0 saturated heterocycles. The van der Waals surface area contributed by atoms with Gasteiger partial charge >= 0.3 is 5.97 Å². The van der Waals surface area contributed by atoms with Crippen LogP contribution in [0.5, 0.6) is 5.75 Å². The van der Waals surface area contributed by atoms with Gasteiger partial charge in [-0.2, -0.15) is 0 Å². The smallest absolute Gasteiger partial charge is 0.309 e. The molecule has 0 spiro atoms. The van der Waals surface area contributed by atoms with Gasteiger partial charge < -0.3 is 10.2 Å². The third-order valence-electron chi connectivity index (χ3n) is 3.31. The molecule has 0 radical (unpaired) electrons. The van der Waals surface area contributed by atoms with Gasteiger partial charge in [-0.3, -0.25) is 9.20 Å². The van der Waals surface area contributed by atoms with Gasteiger partial charge in [0.15, 0.2) is 17.2 Å². The van der Waals surface area contributed by atoms with Gasteiger partial charge in [-0.1, -0.05) is 6.07 Å². The number of hydrogen-bond donors (Lipinski definition) is 2. The lowest BCUT2D eigenvalue weighted by molar-refractivity contribution is -0.136. The van der Waals surface area contributed by atoms with E-state index in [9.17, 15) is 9.90 Å². The average Bonchev–Trinajstić information content (AvgIpc) is 2.91. The summed E-state index contributed by atoms with van der Waals surface area (Å²) in [6.07, 6.45) is 3.31. The monoisotopic (exact) mass is 342 g/mol. The van der Waals surface area contributed by atoms with E-state index in [0.717, 1.165) is 4.90 Å². The van der Waals surface area contributed by atoms with E-state index in [2.05, 4.69) is 15.2 Å². The Hall–Kier alpha value is -2.87. The molecule has 0 bridgehead atoms. The minimum absolute atomic E-state index is 0.0463. The average molecular weight is 342 g/mol. The zero-order valence-electron chi connectivity index (χ0n) is 12.7. The van der Waals surface area contributed by atoms with Crippen LogP contribution in [-0.2, 0) is 11.2 Å². The second-order valence-corrected chi connectivity index (χ2v) is 5.82. The molecule has 2 heterocycles. The van der Waals surface area contributed by atoms with Crippen LogP contribution in [0.2, 0.25) is 0 Å². The summed E-state index contributed by atoms with van der Waals surface area (Å²) in [6.45, 7) is 0. The number of aliphatic carboxylic acids is 1. The summed E-state index contributed by atoms with van der Waals surface area (Å²) in [5, 5.41) is 27.3. The maximum Gasteiger partial charge on any atom is 0.309 e. The number of thioether (sulfide) groups is 1. The van der Waals surface area contributed by atoms with E-state index in [1.807, 2.05) is 24.5 Å². The topological polar surface area (TPSA) is 99.5 Å². The lowest BCUT2D eigenvalue weighted by Gasteiger charge is -1.99. The summed E-state index contributed by atoms with van der Waals surface area (Å²) in [5.41, 5.74) is 1.15. The molecule has 8 heteroatoms. The molecule has 0 aliphatic heterocycles. The molecule has 0 unspecified atom stereocenters. The van der Waals surface area contributed by atoms with E-state index in [4.69, 9.17) is 5.11 Å². The third kappa shape index (κ3) is 3.23. The lowest BCUT2D eigenvalue weighted by atomic mass is 10.3. The molecule has 2 aromatic heterocycles. The zero-order valence-corrected chi connectivity index (χ0v) is 13.6. The van der Waals surface area contributed by atoms with Gasteiger partial charge in [-0.05, 0) is 36.6 Å². The van der Waals surface area contributed by atoms with Crippen molar-refractivity contribution < 1.29 is 15.0 Å². The minimum Gasteiger partial charge on any atom is -0.504 e. The maximum atomic E-state index is 11.1. The van der Waals surface area contributed by atoms with E-state index in [1.165, 1.54) is 10.5 Å². The van der Waals surface area contributed by atoms with Crippen LogP contribution >= 0.6 is 11.8 Å². The van der Waals surface area contributed by atoms with Crippen LogP contribution in [-0.4, -0.2) is 31.8 Å². The number of imidazole rings is 1. The van der Waals surface area contributed by atoms with Crippen LogP contribution in [0.4, 0.5) is 11.5 Å². The highest BCUT2D eigenvalue weighted by Crippen LogP contribution is 2.29. The van der Waals surface area contributed by atoms with Crippen molar-refractivity contribution in [3.8, 4) is 5.75 Å². The Kier molecular flexibility index (Phi) is 4.48. The number of pyridine rings is 1. The van der Waals surface area contributed by atoms with Crippen LogP contribution in [0.15, 0.2) is 57.7 Å². The highest BCUT2D eigenvalue weighted by molar-refractivity contribution is 7.98. The summed E-state index contributed by atoms with van der Waals surface area (Å²) in [4.78, 5) is 16.3. The van der Waals surface area contributed by atoms with Gasteiger partial charge in [0, 0.05) is 11.1 Å². The Balaban J connectivity index is 2.07. The van der Waals surface area contributed by atoms with E-state index in [-0.39, 0.29) is 29.3 Å². The molecule has 0 fully saturated rings. The number of hydrogen-bond acceptors (Lipinski definition) is 6. The summed E-state index contributed by atoms with van der Waals surface area (Å²) in [6, 6.07) is 10.6. The SMILES string of the molecule is CSc1cccc(N=Nc2c(CC(=O)O)nc3c(O)cccn23)c1. The molecule has 2 N–H and O–H groups in total. The number of carboxylic acids is 1. The molecular formula is C16H14N4O3S. The van der Waals surface area contributed by atoms with Crippen molar-refractivity contribution in [2.45, 2.75) is 11.3 Å². The standard InChI is InChI=1S/C16H14N4O3S/c1-24-11-5-2-4-10(8-11)18-19-15-12(9-14(22)23)17-16-13(21)6-3-7-20(15)16/h2-8,21H,9H2,1H3,(H,22,23). The first-order valence-corrected chi connectivity index (χ1v) is 8.27. The molecule has 0 saturated carbocycles. The number of nitrogens with zero attached hydrogens (tertiary/aromatic N) is 4. The normalized spacial score (nSPS) is 11.4. The maximum absolute atomic E-state index is 11.1. The van der Waals surface area contributed by atoms with E-state index in [1.54, 1.807) is 30.1 Å². The number of carbonyl (C=O) groups is 1. The second kappa shape index (κ2) is 6.71. The molecule has 7 nitrogen and oxygen atoms in total. The molecule has 0 amide bonds. The number of aromatic hydroxyl groups is 1. The van der Waals surface area contributed by atoms with Crippen LogP contribution in [0.25, 0.3) is 5.65 Å². The van der Waals surface area contributed by atoms with Crippen LogP contribution in [0.1, 0.15) is 5.69 Å². The van der Waals surface area contributed by atoms with Crippen LogP contribution in [0.3, 0.4) is 0 Å². The van der Waals surface area contributed by atoms with Crippen molar-refractivity contribution in [2.24, 2.45) is 10.2 Å². The molecular weight excluding hydrogens is 328 g/mol. The first-order valence-electron chi connectivity index (χ1n) is 7.05. The van der Waals surface area contributed by atoms with Gasteiger partial charge in [0.25, 0.3) is 0 Å². The first-order chi connectivity index (χ1) is 11.6. The molecule has 122 valence electrons. The first kappa shape index (κ1) is 16.0. The number of rotatable bonds is 5. The molecule has 1 aromatic carbocycles. The fourth-order valence-corrected chi connectivity index (χ4v) is 2.69. The number of carboxylic acid groups (broad SMARTS) is 1. The Morgan fingerprint density at radius 2 is 2.12 bits per heavy atom. The van der Waals surface area contributed by atoms with Gasteiger partial charge in [0.1, 0.15) is 0 Å². The predicted octanol–water partition coefficient (Wildman–Crippen LogP) is 3.80. The number of fused-ring (bicyclic) bond motifs is 1. The van der Waals surface area contributed by atoms with E-state index >= 15 is 0 Å². The largest absolute Gasteiger partial charge is 0.504 e. The van der Waals surface area contributed by atoms with Crippen molar-refractivity contribution in [2.75, 3.05) is 6.26 Å². The van der Waals surface area contributed by atoms with Crippen LogP contribution < -0.4 is 0 Å². The van der Waals surface area contributed by atoms with Crippen molar-refractivity contribution in [1.29, 1.82) is 0 Å². The van der Waals surface area contributed by atoms with Gasteiger partial charge in [0.05, 0.1) is 17.8 Å². The minimum atomic E-state index is -1.03. The number of benzene rings is 1. The van der Waals surface area contributed by atoms with E-state index in [0.29, 0.717) is 5.69 Å². The Bertz CT molecular complexity index is 936. The van der Waals surface area contributed by atoms with Gasteiger partial charge in [-0.15, -0.1) is 22.0 Å². The zero-order chi connectivity index (χ0) is 17.1. The highest BCUT2D eigenvalue weighted by atomic mass is 32.2. The van der Waals surface area contributed by atoms with Crippen molar-refractivity contribution in [3.63, 3.8) is 0 Å². The Morgan fingerprint density at radius 3 is 2.88 bits per heavy atom. The molecule has 0 aliphatic rings.